The molecule has 0 aromatic heterocycles. The lowest BCUT2D eigenvalue weighted by atomic mass is 9.66. The molecule has 1 aliphatic carbocycles. The Kier molecular flexibility index (Phi) is 7.23. The summed E-state index contributed by atoms with van der Waals surface area (Å²) < 4.78 is 0. The van der Waals surface area contributed by atoms with Gasteiger partial charge in [-0.2, -0.15) is 0 Å². The Bertz CT molecular complexity index is 1000. The molecule has 1 N–H and O–H groups in total. The highest BCUT2D eigenvalue weighted by atomic mass is 35.5. The van der Waals surface area contributed by atoms with Crippen molar-refractivity contribution >= 4 is 29.1 Å². The molecule has 2 fully saturated rings. The Labute approximate surface area is 207 Å². The van der Waals surface area contributed by atoms with Crippen LogP contribution in [0.15, 0.2) is 61.2 Å². The summed E-state index contributed by atoms with van der Waals surface area (Å²) in [5, 5.41) is 12.5. The fourth-order valence-electron chi connectivity index (χ4n) is 5.62. The number of carbonyl (C=O) groups excluding carboxylic acids is 1. The summed E-state index contributed by atoms with van der Waals surface area (Å²) in [7, 11) is 0. The first-order valence-corrected chi connectivity index (χ1v) is 12.7. The van der Waals surface area contributed by atoms with Gasteiger partial charge >= 0.3 is 0 Å². The Morgan fingerprint density at radius 2 is 1.85 bits per heavy atom. The first kappa shape index (κ1) is 24.3. The fourth-order valence-corrected chi connectivity index (χ4v) is 5.95. The molecule has 2 aliphatic rings. The number of allylic oxidation sites excluding steroid dienone is 1. The molecule has 1 saturated carbocycles. The molecule has 5 atom stereocenters. The van der Waals surface area contributed by atoms with Gasteiger partial charge in [-0.3, -0.25) is 4.79 Å². The molecule has 0 spiro atoms. The molecule has 2 aromatic carbocycles. The summed E-state index contributed by atoms with van der Waals surface area (Å²) in [5.74, 6) is 0.452. The van der Waals surface area contributed by atoms with Crippen LogP contribution < -0.4 is 0 Å². The molecular weight excluding hydrogens is 453 g/mol. The average molecular weight is 486 g/mol. The van der Waals surface area contributed by atoms with Gasteiger partial charge in [0.1, 0.15) is 0 Å². The topological polar surface area (TPSA) is 40.5 Å². The van der Waals surface area contributed by atoms with Gasteiger partial charge in [-0.1, -0.05) is 67.4 Å². The molecule has 176 valence electrons. The second kappa shape index (κ2) is 9.82. The third-order valence-electron chi connectivity index (χ3n) is 7.42. The predicted octanol–water partition coefficient (Wildman–Crippen LogP) is 7.18. The van der Waals surface area contributed by atoms with E-state index in [1.807, 2.05) is 67.3 Å². The summed E-state index contributed by atoms with van der Waals surface area (Å²) in [5.41, 5.74) is 1.54. The Balaban J connectivity index is 1.92. The van der Waals surface area contributed by atoms with Crippen LogP contribution in [0.2, 0.25) is 10.0 Å². The Morgan fingerprint density at radius 3 is 2.42 bits per heavy atom. The number of aliphatic hydroxyl groups is 1. The number of piperidine rings is 1. The van der Waals surface area contributed by atoms with Crippen molar-refractivity contribution in [3.8, 4) is 0 Å². The first-order chi connectivity index (χ1) is 15.8. The van der Waals surface area contributed by atoms with Gasteiger partial charge in [0.05, 0.1) is 23.6 Å². The number of halogens is 2. The number of rotatable bonds is 8. The maximum atomic E-state index is 14.2. The van der Waals surface area contributed by atoms with Gasteiger partial charge in [0.2, 0.25) is 5.91 Å². The van der Waals surface area contributed by atoms with Gasteiger partial charge in [-0.25, -0.2) is 0 Å². The molecule has 0 radical (unpaired) electrons. The number of hydrogen-bond acceptors (Lipinski definition) is 2. The third kappa shape index (κ3) is 4.87. The lowest BCUT2D eigenvalue weighted by molar-refractivity contribution is -0.159. The number of benzene rings is 2. The van der Waals surface area contributed by atoms with Gasteiger partial charge in [-0.05, 0) is 73.4 Å². The molecule has 5 heteroatoms. The molecule has 1 aliphatic heterocycles. The zero-order chi connectivity index (χ0) is 23.8. The minimum Gasteiger partial charge on any atom is -0.391 e. The second-order valence-electron chi connectivity index (χ2n) is 9.93. The summed E-state index contributed by atoms with van der Waals surface area (Å²) in [4.78, 5) is 16.3. The third-order valence-corrected chi connectivity index (χ3v) is 7.91. The largest absolute Gasteiger partial charge is 0.391 e. The summed E-state index contributed by atoms with van der Waals surface area (Å²) in [6, 6.07) is 15.3. The van der Waals surface area contributed by atoms with Crippen molar-refractivity contribution in [3.63, 3.8) is 0 Å². The van der Waals surface area contributed by atoms with E-state index in [1.165, 1.54) is 0 Å². The number of hydrogen-bond donors (Lipinski definition) is 1. The van der Waals surface area contributed by atoms with Crippen LogP contribution in [0.25, 0.3) is 0 Å². The molecule has 2 aromatic rings. The molecule has 1 saturated heterocycles. The Morgan fingerprint density at radius 1 is 1.15 bits per heavy atom. The SMILES string of the molecule is C=CCC1(C)CC(c2cccc(Cl)c2)C(c2ccc(Cl)cc2)N(C(C(O)CC)C2CC2)C1=O. The van der Waals surface area contributed by atoms with E-state index in [-0.39, 0.29) is 23.9 Å². The fraction of sp³-hybridized carbons (Fsp3) is 0.464. The molecule has 3 nitrogen and oxygen atoms in total. The number of carbonyl (C=O) groups is 1. The minimum absolute atomic E-state index is 0.0258. The van der Waals surface area contributed by atoms with Crippen LogP contribution in [0.1, 0.15) is 69.0 Å². The van der Waals surface area contributed by atoms with E-state index in [2.05, 4.69) is 12.6 Å². The van der Waals surface area contributed by atoms with Crippen LogP contribution in [0.5, 0.6) is 0 Å². The van der Waals surface area contributed by atoms with Crippen LogP contribution in [0.4, 0.5) is 0 Å². The Hall–Kier alpha value is -1.81. The molecule has 0 bridgehead atoms. The maximum Gasteiger partial charge on any atom is 0.229 e. The number of likely N-dealkylation sites (tertiary alicyclic amines) is 1. The normalized spacial score (nSPS) is 27.3. The van der Waals surface area contributed by atoms with E-state index in [9.17, 15) is 9.90 Å². The number of aliphatic hydroxyl groups excluding tert-OH is 1. The summed E-state index contributed by atoms with van der Waals surface area (Å²) in [6.07, 6.45) is 5.24. The van der Waals surface area contributed by atoms with Crippen molar-refractivity contribution < 1.29 is 9.90 Å². The van der Waals surface area contributed by atoms with Crippen molar-refractivity contribution in [1.82, 2.24) is 4.90 Å². The van der Waals surface area contributed by atoms with Crippen LogP contribution in [0, 0.1) is 11.3 Å². The van der Waals surface area contributed by atoms with Crippen molar-refractivity contribution in [3.05, 3.63) is 82.4 Å². The number of amides is 1. The smallest absolute Gasteiger partial charge is 0.229 e. The molecule has 4 rings (SSSR count). The average Bonchev–Trinajstić information content (AvgIpc) is 3.63. The van der Waals surface area contributed by atoms with Gasteiger partial charge in [0, 0.05) is 16.0 Å². The van der Waals surface area contributed by atoms with Crippen LogP contribution in [0.3, 0.4) is 0 Å². The first-order valence-electron chi connectivity index (χ1n) is 11.9. The van der Waals surface area contributed by atoms with E-state index in [1.54, 1.807) is 0 Å². The quantitative estimate of drug-likeness (QED) is 0.402. The van der Waals surface area contributed by atoms with Crippen LogP contribution in [-0.4, -0.2) is 28.1 Å². The van der Waals surface area contributed by atoms with E-state index < -0.39 is 11.5 Å². The molecule has 5 unspecified atom stereocenters. The van der Waals surface area contributed by atoms with Gasteiger partial charge in [0.15, 0.2) is 0 Å². The predicted molar refractivity (Wildman–Crippen MR) is 136 cm³/mol. The summed E-state index contributed by atoms with van der Waals surface area (Å²) in [6.45, 7) is 7.98. The van der Waals surface area contributed by atoms with E-state index >= 15 is 0 Å². The van der Waals surface area contributed by atoms with Crippen molar-refractivity contribution in [2.75, 3.05) is 0 Å². The number of nitrogens with zero attached hydrogens (tertiary/aromatic N) is 1. The van der Waals surface area contributed by atoms with Crippen LogP contribution >= 0.6 is 23.2 Å². The standard InChI is InChI=1S/C28H33Cl2NO2/c1-4-15-28(3)17-23(20-7-6-8-22(30)16-20)25(18-11-13-21(29)14-12-18)31(27(28)33)26(19-9-10-19)24(32)5-2/h4,6-8,11-14,16,19,23-26,32H,1,5,9-10,15,17H2,2-3H3. The van der Waals surface area contributed by atoms with Crippen LogP contribution in [-0.2, 0) is 4.79 Å². The molecule has 1 heterocycles. The zero-order valence-electron chi connectivity index (χ0n) is 19.4. The minimum atomic E-state index is -0.599. The lowest BCUT2D eigenvalue weighted by Crippen LogP contribution is -2.59. The lowest BCUT2D eigenvalue weighted by Gasteiger charge is -2.53. The van der Waals surface area contributed by atoms with Crippen molar-refractivity contribution in [2.45, 2.75) is 70.1 Å². The molecule has 1 amide bonds. The van der Waals surface area contributed by atoms with E-state index in [0.29, 0.717) is 35.2 Å². The second-order valence-corrected chi connectivity index (χ2v) is 10.8. The van der Waals surface area contributed by atoms with E-state index in [0.717, 1.165) is 24.0 Å². The van der Waals surface area contributed by atoms with Crippen molar-refractivity contribution in [2.24, 2.45) is 11.3 Å². The molecule has 33 heavy (non-hydrogen) atoms. The highest BCUT2D eigenvalue weighted by Crippen LogP contribution is 2.54. The maximum absolute atomic E-state index is 14.2. The zero-order valence-corrected chi connectivity index (χ0v) is 20.9. The van der Waals surface area contributed by atoms with Gasteiger partial charge < -0.3 is 10.0 Å². The van der Waals surface area contributed by atoms with E-state index in [4.69, 9.17) is 23.2 Å². The highest BCUT2D eigenvalue weighted by molar-refractivity contribution is 6.30. The van der Waals surface area contributed by atoms with Gasteiger partial charge in [-0.15, -0.1) is 6.58 Å². The molecular formula is C28H33Cl2NO2. The van der Waals surface area contributed by atoms with Crippen molar-refractivity contribution in [1.29, 1.82) is 0 Å². The summed E-state index contributed by atoms with van der Waals surface area (Å²) >= 11 is 12.6. The van der Waals surface area contributed by atoms with Gasteiger partial charge in [0.25, 0.3) is 0 Å². The monoisotopic (exact) mass is 485 g/mol. The highest BCUT2D eigenvalue weighted by Gasteiger charge is 2.54.